The summed E-state index contributed by atoms with van der Waals surface area (Å²) in [6.45, 7) is 10.5. The maximum Gasteiger partial charge on any atom is -0.00379 e. The maximum atomic E-state index is 3.80. The van der Waals surface area contributed by atoms with Gasteiger partial charge >= 0.3 is 0 Å². The van der Waals surface area contributed by atoms with Gasteiger partial charge in [-0.15, -0.1) is 0 Å². The van der Waals surface area contributed by atoms with E-state index < -0.39 is 0 Å². The molecule has 1 atom stereocenters. The first-order valence-electron chi connectivity index (χ1n) is 5.92. The van der Waals surface area contributed by atoms with Gasteiger partial charge in [-0.2, -0.15) is 0 Å². The molecule has 0 heterocycles. The molecule has 0 aromatic rings. The van der Waals surface area contributed by atoms with Crippen LogP contribution < -0.4 is 0 Å². The highest BCUT2D eigenvalue weighted by molar-refractivity contribution is 5.32. The average molecular weight is 214 g/mol. The van der Waals surface area contributed by atoms with E-state index in [0.29, 0.717) is 5.92 Å². The zero-order valence-electron chi connectivity index (χ0n) is 10.6. The summed E-state index contributed by atoms with van der Waals surface area (Å²) in [5.41, 5.74) is 1.50. The van der Waals surface area contributed by atoms with Crippen molar-refractivity contribution in [2.45, 2.75) is 27.2 Å². The van der Waals surface area contributed by atoms with Gasteiger partial charge in [0.05, 0.1) is 0 Å². The van der Waals surface area contributed by atoms with Crippen LogP contribution in [0.4, 0.5) is 0 Å². The third kappa shape index (κ3) is 2.85. The largest absolute Gasteiger partial charge is 0.0991 e. The molecule has 0 saturated heterocycles. The van der Waals surface area contributed by atoms with E-state index in [0.717, 1.165) is 6.42 Å². The van der Waals surface area contributed by atoms with Crippen LogP contribution in [-0.4, -0.2) is 0 Å². The highest BCUT2D eigenvalue weighted by atomic mass is 14.3. The van der Waals surface area contributed by atoms with Gasteiger partial charge in [0.15, 0.2) is 0 Å². The average Bonchev–Trinajstić information content (AvgIpc) is 2.30. The van der Waals surface area contributed by atoms with Crippen molar-refractivity contribution in [3.8, 4) is 0 Å². The molecule has 0 fully saturated rings. The summed E-state index contributed by atoms with van der Waals surface area (Å²) in [5.74, 6) is 0.569. The Morgan fingerprint density at radius 3 is 2.62 bits per heavy atom. The van der Waals surface area contributed by atoms with E-state index in [1.54, 1.807) is 0 Å². The molecule has 0 aromatic carbocycles. The highest BCUT2D eigenvalue weighted by Gasteiger charge is 2.29. The number of hydrogen-bond acceptors (Lipinski definition) is 0. The minimum atomic E-state index is 0.155. The molecule has 0 heteroatoms. The second-order valence-electron chi connectivity index (χ2n) is 4.73. The van der Waals surface area contributed by atoms with Gasteiger partial charge < -0.3 is 0 Å². The van der Waals surface area contributed by atoms with Crippen molar-refractivity contribution in [1.29, 1.82) is 0 Å². The van der Waals surface area contributed by atoms with Crippen molar-refractivity contribution in [1.82, 2.24) is 0 Å². The van der Waals surface area contributed by atoms with Crippen LogP contribution in [0.1, 0.15) is 27.2 Å². The van der Waals surface area contributed by atoms with Crippen molar-refractivity contribution in [3.63, 3.8) is 0 Å². The van der Waals surface area contributed by atoms with Crippen LogP contribution in [0.15, 0.2) is 60.8 Å². The predicted molar refractivity (Wildman–Crippen MR) is 73.3 cm³/mol. The number of allylic oxidation sites excluding steroid dienone is 9. The second-order valence-corrected chi connectivity index (χ2v) is 4.73. The monoisotopic (exact) mass is 214 g/mol. The Kier molecular flexibility index (Phi) is 4.54. The lowest BCUT2D eigenvalue weighted by molar-refractivity contribution is 0.327. The van der Waals surface area contributed by atoms with E-state index in [2.05, 4.69) is 69.9 Å². The molecule has 0 amide bonds. The van der Waals surface area contributed by atoms with E-state index in [-0.39, 0.29) is 5.41 Å². The van der Waals surface area contributed by atoms with E-state index in [4.69, 9.17) is 0 Å². The smallest absolute Gasteiger partial charge is 0.00379 e. The zero-order chi connectivity index (χ0) is 12.0. The van der Waals surface area contributed by atoms with Crippen molar-refractivity contribution >= 4 is 0 Å². The van der Waals surface area contributed by atoms with Crippen LogP contribution in [0.3, 0.4) is 0 Å². The summed E-state index contributed by atoms with van der Waals surface area (Å²) in [6, 6.07) is 0. The van der Waals surface area contributed by atoms with Crippen LogP contribution in [0.2, 0.25) is 0 Å². The summed E-state index contributed by atoms with van der Waals surface area (Å²) >= 11 is 0. The van der Waals surface area contributed by atoms with E-state index in [1.165, 1.54) is 5.57 Å². The summed E-state index contributed by atoms with van der Waals surface area (Å²) in [5, 5.41) is 0. The first-order valence-corrected chi connectivity index (χ1v) is 5.92. The van der Waals surface area contributed by atoms with Crippen molar-refractivity contribution in [2.24, 2.45) is 11.3 Å². The van der Waals surface area contributed by atoms with Gasteiger partial charge in [0.1, 0.15) is 0 Å². The van der Waals surface area contributed by atoms with Gasteiger partial charge in [-0.3, -0.25) is 0 Å². The molecule has 16 heavy (non-hydrogen) atoms. The van der Waals surface area contributed by atoms with Crippen LogP contribution >= 0.6 is 0 Å². The minimum absolute atomic E-state index is 0.155. The van der Waals surface area contributed by atoms with Gasteiger partial charge in [0.2, 0.25) is 0 Å². The SMILES string of the molecule is C=C/C=C(\C=C/C)C(C)(C)C1C=CC=CC1. The molecule has 1 rings (SSSR count). The van der Waals surface area contributed by atoms with Crippen LogP contribution in [0.25, 0.3) is 0 Å². The van der Waals surface area contributed by atoms with Gasteiger partial charge in [-0.25, -0.2) is 0 Å². The lowest BCUT2D eigenvalue weighted by Crippen LogP contribution is -2.24. The van der Waals surface area contributed by atoms with Crippen LogP contribution in [0.5, 0.6) is 0 Å². The standard InChI is InChI=1S/C16H22/c1-5-10-14(11-6-2)16(3,4)15-12-8-7-9-13-15/h5-12,15H,1,13H2,2-4H3/b11-6-,14-10+. The molecule has 0 spiro atoms. The molecule has 86 valence electrons. The van der Waals surface area contributed by atoms with E-state index in [9.17, 15) is 0 Å². The van der Waals surface area contributed by atoms with Crippen molar-refractivity contribution in [2.75, 3.05) is 0 Å². The van der Waals surface area contributed by atoms with Crippen LogP contribution in [-0.2, 0) is 0 Å². The Hall–Kier alpha value is -1.30. The molecule has 0 aliphatic heterocycles. The summed E-state index contributed by atoms with van der Waals surface area (Å²) in [7, 11) is 0. The lowest BCUT2D eigenvalue weighted by Gasteiger charge is -2.34. The van der Waals surface area contributed by atoms with Crippen LogP contribution in [0, 0.1) is 11.3 Å². The molecule has 1 unspecified atom stereocenters. The van der Waals surface area contributed by atoms with E-state index >= 15 is 0 Å². The molecule has 0 nitrogen and oxygen atoms in total. The Morgan fingerprint density at radius 2 is 2.12 bits per heavy atom. The van der Waals surface area contributed by atoms with Gasteiger partial charge in [0.25, 0.3) is 0 Å². The lowest BCUT2D eigenvalue weighted by atomic mass is 9.70. The van der Waals surface area contributed by atoms with Crippen molar-refractivity contribution in [3.05, 3.63) is 60.8 Å². The fraction of sp³-hybridized carbons (Fsp3) is 0.375. The molecule has 0 saturated carbocycles. The van der Waals surface area contributed by atoms with Gasteiger partial charge in [-0.05, 0) is 30.3 Å². The minimum Gasteiger partial charge on any atom is -0.0991 e. The number of rotatable bonds is 4. The fourth-order valence-electron chi connectivity index (χ4n) is 2.12. The predicted octanol–water partition coefficient (Wildman–Crippen LogP) is 4.83. The third-order valence-corrected chi connectivity index (χ3v) is 3.30. The summed E-state index contributed by atoms with van der Waals surface area (Å²) < 4.78 is 0. The molecule has 0 radical (unpaired) electrons. The molecular weight excluding hydrogens is 192 g/mol. The fourth-order valence-corrected chi connectivity index (χ4v) is 2.12. The van der Waals surface area contributed by atoms with E-state index in [1.807, 2.05) is 6.08 Å². The zero-order valence-corrected chi connectivity index (χ0v) is 10.6. The maximum absolute atomic E-state index is 3.80. The Labute approximate surface area is 99.8 Å². The summed E-state index contributed by atoms with van der Waals surface area (Å²) in [6.07, 6.45) is 18.2. The third-order valence-electron chi connectivity index (χ3n) is 3.30. The Balaban J connectivity index is 2.97. The molecule has 1 aliphatic rings. The van der Waals surface area contributed by atoms with Crippen molar-refractivity contribution < 1.29 is 0 Å². The topological polar surface area (TPSA) is 0 Å². The molecule has 0 N–H and O–H groups in total. The molecule has 0 aromatic heterocycles. The first kappa shape index (κ1) is 12.8. The highest BCUT2D eigenvalue weighted by Crippen LogP contribution is 2.39. The first-order chi connectivity index (χ1) is 7.62. The summed E-state index contributed by atoms with van der Waals surface area (Å²) in [4.78, 5) is 0. The molecular formula is C16H22. The molecule has 1 aliphatic carbocycles. The number of hydrogen-bond donors (Lipinski definition) is 0. The normalized spacial score (nSPS) is 21.7. The quantitative estimate of drug-likeness (QED) is 0.588. The molecule has 0 bridgehead atoms. The van der Waals surface area contributed by atoms with Gasteiger partial charge in [0, 0.05) is 0 Å². The van der Waals surface area contributed by atoms with Gasteiger partial charge in [-0.1, -0.05) is 69.0 Å². The second kappa shape index (κ2) is 5.69. The Bertz CT molecular complexity index is 348. The Morgan fingerprint density at radius 1 is 1.38 bits per heavy atom.